The molecule has 0 saturated heterocycles. The molecule has 0 aliphatic heterocycles. The summed E-state index contributed by atoms with van der Waals surface area (Å²) in [6, 6.07) is 10.2. The highest BCUT2D eigenvalue weighted by molar-refractivity contribution is 6.02. The lowest BCUT2D eigenvalue weighted by atomic mass is 9.85. The molecule has 126 valence electrons. The number of rotatable bonds is 5. The fraction of sp³-hybridized carbons (Fsp3) is 0.333. The summed E-state index contributed by atoms with van der Waals surface area (Å²) in [7, 11) is 0. The fourth-order valence-electron chi connectivity index (χ4n) is 3.08. The SMILES string of the molecule is NCC1(C(=O)Nc2ccc(NC(=O)c3ccco3)cc2)CCCC1. The van der Waals surface area contributed by atoms with Crippen molar-refractivity contribution in [2.24, 2.45) is 11.1 Å². The van der Waals surface area contributed by atoms with Gasteiger partial charge in [-0.2, -0.15) is 0 Å². The van der Waals surface area contributed by atoms with Gasteiger partial charge in [0, 0.05) is 17.9 Å². The van der Waals surface area contributed by atoms with Gasteiger partial charge in [0.2, 0.25) is 5.91 Å². The number of amides is 2. The zero-order valence-corrected chi connectivity index (χ0v) is 13.4. The molecular weight excluding hydrogens is 306 g/mol. The van der Waals surface area contributed by atoms with Crippen LogP contribution in [0.3, 0.4) is 0 Å². The van der Waals surface area contributed by atoms with Crippen molar-refractivity contribution in [3.05, 3.63) is 48.4 Å². The van der Waals surface area contributed by atoms with Crippen molar-refractivity contribution in [3.63, 3.8) is 0 Å². The van der Waals surface area contributed by atoms with E-state index in [2.05, 4.69) is 10.6 Å². The van der Waals surface area contributed by atoms with Crippen LogP contribution in [0.4, 0.5) is 11.4 Å². The zero-order valence-electron chi connectivity index (χ0n) is 13.4. The van der Waals surface area contributed by atoms with Crippen LogP contribution >= 0.6 is 0 Å². The Morgan fingerprint density at radius 1 is 1.04 bits per heavy atom. The number of hydrogen-bond donors (Lipinski definition) is 3. The number of nitrogens with two attached hydrogens (primary N) is 1. The molecule has 0 bridgehead atoms. The van der Waals surface area contributed by atoms with E-state index in [-0.39, 0.29) is 17.6 Å². The van der Waals surface area contributed by atoms with Gasteiger partial charge < -0.3 is 20.8 Å². The molecule has 1 heterocycles. The third-order valence-corrected chi connectivity index (χ3v) is 4.58. The second kappa shape index (κ2) is 6.88. The first-order chi connectivity index (χ1) is 11.6. The van der Waals surface area contributed by atoms with E-state index in [0.717, 1.165) is 25.7 Å². The maximum Gasteiger partial charge on any atom is 0.291 e. The van der Waals surface area contributed by atoms with E-state index in [1.165, 1.54) is 6.26 Å². The Kier molecular flexibility index (Phi) is 4.66. The number of anilines is 2. The Morgan fingerprint density at radius 3 is 2.21 bits per heavy atom. The minimum absolute atomic E-state index is 0.0186. The van der Waals surface area contributed by atoms with Crippen LogP contribution < -0.4 is 16.4 Å². The third kappa shape index (κ3) is 3.33. The minimum Gasteiger partial charge on any atom is -0.459 e. The molecule has 0 atom stereocenters. The van der Waals surface area contributed by atoms with Crippen LogP contribution in [-0.4, -0.2) is 18.4 Å². The van der Waals surface area contributed by atoms with Gasteiger partial charge in [-0.05, 0) is 49.2 Å². The van der Waals surface area contributed by atoms with Gasteiger partial charge in [0.25, 0.3) is 5.91 Å². The highest BCUT2D eigenvalue weighted by Crippen LogP contribution is 2.38. The van der Waals surface area contributed by atoms with Crippen molar-refractivity contribution < 1.29 is 14.0 Å². The Labute approximate surface area is 140 Å². The summed E-state index contributed by atoms with van der Waals surface area (Å²) in [4.78, 5) is 24.4. The van der Waals surface area contributed by atoms with Gasteiger partial charge >= 0.3 is 0 Å². The molecule has 2 amide bonds. The predicted molar refractivity (Wildman–Crippen MR) is 91.7 cm³/mol. The molecule has 0 radical (unpaired) electrons. The number of carbonyl (C=O) groups excluding carboxylic acids is 2. The molecular formula is C18H21N3O3. The van der Waals surface area contributed by atoms with Crippen molar-refractivity contribution in [2.75, 3.05) is 17.2 Å². The molecule has 1 aliphatic carbocycles. The largest absolute Gasteiger partial charge is 0.459 e. The zero-order chi connectivity index (χ0) is 17.0. The van der Waals surface area contributed by atoms with E-state index in [4.69, 9.17) is 10.2 Å². The Hall–Kier alpha value is -2.60. The van der Waals surface area contributed by atoms with Crippen LogP contribution in [0.2, 0.25) is 0 Å². The smallest absolute Gasteiger partial charge is 0.291 e. The van der Waals surface area contributed by atoms with E-state index in [0.29, 0.717) is 17.9 Å². The highest BCUT2D eigenvalue weighted by atomic mass is 16.3. The number of nitrogens with one attached hydrogen (secondary N) is 2. The van der Waals surface area contributed by atoms with E-state index >= 15 is 0 Å². The van der Waals surface area contributed by atoms with Gasteiger partial charge in [-0.25, -0.2) is 0 Å². The number of hydrogen-bond acceptors (Lipinski definition) is 4. The molecule has 6 heteroatoms. The number of carbonyl (C=O) groups is 2. The summed E-state index contributed by atoms with van der Waals surface area (Å²) >= 11 is 0. The monoisotopic (exact) mass is 327 g/mol. The summed E-state index contributed by atoms with van der Waals surface area (Å²) in [6.07, 6.45) is 5.22. The average molecular weight is 327 g/mol. The summed E-state index contributed by atoms with van der Waals surface area (Å²) in [5.41, 5.74) is 6.71. The second-order valence-electron chi connectivity index (χ2n) is 6.15. The molecule has 1 aromatic carbocycles. The van der Waals surface area contributed by atoms with Crippen LogP contribution in [0.15, 0.2) is 47.1 Å². The van der Waals surface area contributed by atoms with Crippen molar-refractivity contribution >= 4 is 23.2 Å². The summed E-state index contributed by atoms with van der Waals surface area (Å²) < 4.78 is 5.04. The molecule has 24 heavy (non-hydrogen) atoms. The number of furan rings is 1. The van der Waals surface area contributed by atoms with Gasteiger partial charge in [-0.15, -0.1) is 0 Å². The Balaban J connectivity index is 1.62. The molecule has 1 aromatic heterocycles. The van der Waals surface area contributed by atoms with Gasteiger partial charge in [-0.1, -0.05) is 12.8 Å². The average Bonchev–Trinajstić information content (AvgIpc) is 3.29. The lowest BCUT2D eigenvalue weighted by Gasteiger charge is -2.25. The lowest BCUT2D eigenvalue weighted by molar-refractivity contribution is -0.124. The van der Waals surface area contributed by atoms with Crippen molar-refractivity contribution in [3.8, 4) is 0 Å². The van der Waals surface area contributed by atoms with E-state index in [9.17, 15) is 9.59 Å². The molecule has 1 fully saturated rings. The summed E-state index contributed by atoms with van der Waals surface area (Å²) in [6.45, 7) is 0.371. The minimum atomic E-state index is -0.438. The fourth-order valence-corrected chi connectivity index (χ4v) is 3.08. The quantitative estimate of drug-likeness (QED) is 0.786. The third-order valence-electron chi connectivity index (χ3n) is 4.58. The standard InChI is InChI=1S/C18H21N3O3/c19-12-18(9-1-2-10-18)17(23)21-14-7-5-13(6-8-14)20-16(22)15-4-3-11-24-15/h3-8,11H,1-2,9-10,12,19H2,(H,20,22)(H,21,23). The van der Waals surface area contributed by atoms with Gasteiger partial charge in [0.1, 0.15) is 0 Å². The normalized spacial score (nSPS) is 15.9. The van der Waals surface area contributed by atoms with Crippen LogP contribution in [0, 0.1) is 5.41 Å². The van der Waals surface area contributed by atoms with Crippen LogP contribution in [0.1, 0.15) is 36.2 Å². The van der Waals surface area contributed by atoms with Crippen molar-refractivity contribution in [2.45, 2.75) is 25.7 Å². The number of benzene rings is 1. The van der Waals surface area contributed by atoms with Crippen LogP contribution in [0.25, 0.3) is 0 Å². The molecule has 3 rings (SSSR count). The van der Waals surface area contributed by atoms with E-state index < -0.39 is 5.41 Å². The van der Waals surface area contributed by atoms with Gasteiger partial charge in [0.15, 0.2) is 5.76 Å². The maximum atomic E-state index is 12.5. The molecule has 1 aliphatic rings. The second-order valence-corrected chi connectivity index (χ2v) is 6.15. The molecule has 1 saturated carbocycles. The van der Waals surface area contributed by atoms with Gasteiger partial charge in [0.05, 0.1) is 11.7 Å². The van der Waals surface area contributed by atoms with Crippen LogP contribution in [0.5, 0.6) is 0 Å². The first-order valence-corrected chi connectivity index (χ1v) is 8.09. The predicted octanol–water partition coefficient (Wildman–Crippen LogP) is 2.99. The lowest BCUT2D eigenvalue weighted by Crippen LogP contribution is -2.40. The van der Waals surface area contributed by atoms with Crippen molar-refractivity contribution in [1.82, 2.24) is 0 Å². The first-order valence-electron chi connectivity index (χ1n) is 8.09. The first kappa shape index (κ1) is 16.3. The van der Waals surface area contributed by atoms with E-state index in [1.807, 2.05) is 0 Å². The highest BCUT2D eigenvalue weighted by Gasteiger charge is 2.39. The molecule has 4 N–H and O–H groups in total. The van der Waals surface area contributed by atoms with E-state index in [1.54, 1.807) is 36.4 Å². The Bertz CT molecular complexity index is 702. The summed E-state index contributed by atoms with van der Waals surface area (Å²) in [5.74, 6) is -0.0850. The topological polar surface area (TPSA) is 97.4 Å². The maximum absolute atomic E-state index is 12.5. The molecule has 2 aromatic rings. The van der Waals surface area contributed by atoms with Gasteiger partial charge in [-0.3, -0.25) is 9.59 Å². The molecule has 0 spiro atoms. The molecule has 6 nitrogen and oxygen atoms in total. The molecule has 0 unspecified atom stereocenters. The van der Waals surface area contributed by atoms with Crippen molar-refractivity contribution in [1.29, 1.82) is 0 Å². The summed E-state index contributed by atoms with van der Waals surface area (Å²) in [5, 5.41) is 5.67. The Morgan fingerprint density at radius 2 is 1.67 bits per heavy atom. The van der Waals surface area contributed by atoms with Crippen LogP contribution in [-0.2, 0) is 4.79 Å².